The fourth-order valence-electron chi connectivity index (χ4n) is 2.70. The molecule has 0 aromatic heterocycles. The number of para-hydroxylation sites is 2. The summed E-state index contributed by atoms with van der Waals surface area (Å²) in [4.78, 5) is 12.7. The molecule has 4 nitrogen and oxygen atoms in total. The summed E-state index contributed by atoms with van der Waals surface area (Å²) in [7, 11) is 0. The number of anilines is 2. The summed E-state index contributed by atoms with van der Waals surface area (Å²) in [6.45, 7) is 4.45. The minimum Gasteiger partial charge on any atom is -0.491 e. The largest absolute Gasteiger partial charge is 0.491 e. The summed E-state index contributed by atoms with van der Waals surface area (Å²) in [6, 6.07) is 25.1. The van der Waals surface area contributed by atoms with Crippen LogP contribution in [-0.2, 0) is 6.54 Å². The molecular formula is C23H24N2O2. The van der Waals surface area contributed by atoms with E-state index in [1.165, 1.54) is 0 Å². The third kappa shape index (κ3) is 5.35. The zero-order valence-corrected chi connectivity index (χ0v) is 15.6. The molecule has 3 aromatic rings. The first-order chi connectivity index (χ1) is 13.1. The van der Waals surface area contributed by atoms with Gasteiger partial charge in [0.2, 0.25) is 0 Å². The van der Waals surface area contributed by atoms with Gasteiger partial charge in [0.15, 0.2) is 0 Å². The van der Waals surface area contributed by atoms with Crippen LogP contribution in [0.15, 0.2) is 78.9 Å². The summed E-state index contributed by atoms with van der Waals surface area (Å²) in [6.07, 6.45) is 0.143. The van der Waals surface area contributed by atoms with Gasteiger partial charge in [-0.2, -0.15) is 0 Å². The molecule has 3 aromatic carbocycles. The molecule has 27 heavy (non-hydrogen) atoms. The molecule has 0 aliphatic carbocycles. The fourth-order valence-corrected chi connectivity index (χ4v) is 2.70. The first kappa shape index (κ1) is 18.5. The molecule has 0 saturated heterocycles. The second kappa shape index (κ2) is 8.90. The molecule has 3 rings (SSSR count). The maximum absolute atomic E-state index is 12.7. The highest BCUT2D eigenvalue weighted by Gasteiger charge is 2.11. The zero-order valence-electron chi connectivity index (χ0n) is 15.6. The van der Waals surface area contributed by atoms with Crippen LogP contribution in [-0.4, -0.2) is 12.0 Å². The van der Waals surface area contributed by atoms with Crippen LogP contribution in [0.25, 0.3) is 0 Å². The van der Waals surface area contributed by atoms with Gasteiger partial charge in [-0.25, -0.2) is 0 Å². The molecule has 0 saturated carbocycles. The fraction of sp³-hybridized carbons (Fsp3) is 0.174. The Labute approximate surface area is 160 Å². The lowest BCUT2D eigenvalue weighted by atomic mass is 10.1. The van der Waals surface area contributed by atoms with Crippen molar-refractivity contribution in [2.45, 2.75) is 26.5 Å². The number of nitrogens with one attached hydrogen (secondary N) is 2. The molecular weight excluding hydrogens is 336 g/mol. The Kier molecular flexibility index (Phi) is 6.10. The van der Waals surface area contributed by atoms with Crippen LogP contribution >= 0.6 is 0 Å². The van der Waals surface area contributed by atoms with E-state index in [1.54, 1.807) is 0 Å². The maximum atomic E-state index is 12.7. The van der Waals surface area contributed by atoms with Gasteiger partial charge < -0.3 is 15.4 Å². The molecule has 0 aliphatic heterocycles. The van der Waals surface area contributed by atoms with Gasteiger partial charge >= 0.3 is 0 Å². The number of hydrogen-bond acceptors (Lipinski definition) is 3. The molecule has 0 bridgehead atoms. The number of ether oxygens (including phenoxy) is 1. The lowest BCUT2D eigenvalue weighted by Crippen LogP contribution is -2.23. The monoisotopic (exact) mass is 360 g/mol. The maximum Gasteiger partial charge on any atom is 0.253 e. The Morgan fingerprint density at radius 3 is 2.26 bits per heavy atom. The van der Waals surface area contributed by atoms with Crippen LogP contribution < -0.4 is 15.4 Å². The van der Waals surface area contributed by atoms with Crippen LogP contribution in [0, 0.1) is 0 Å². The van der Waals surface area contributed by atoms with Crippen molar-refractivity contribution >= 4 is 17.3 Å². The number of rotatable bonds is 7. The van der Waals surface area contributed by atoms with Gasteiger partial charge in [-0.3, -0.25) is 4.79 Å². The van der Waals surface area contributed by atoms with E-state index in [2.05, 4.69) is 10.6 Å². The van der Waals surface area contributed by atoms with E-state index in [0.29, 0.717) is 12.1 Å². The van der Waals surface area contributed by atoms with Crippen LogP contribution in [0.4, 0.5) is 11.4 Å². The molecule has 0 spiro atoms. The Hall–Kier alpha value is -3.27. The normalized spacial score (nSPS) is 10.5. The molecule has 2 N–H and O–H groups in total. The van der Waals surface area contributed by atoms with Crippen molar-refractivity contribution < 1.29 is 9.53 Å². The first-order valence-electron chi connectivity index (χ1n) is 9.07. The molecule has 1 amide bonds. The number of carbonyl (C=O) groups excluding carboxylic acids is 1. The average molecular weight is 360 g/mol. The Morgan fingerprint density at radius 2 is 1.56 bits per heavy atom. The lowest BCUT2D eigenvalue weighted by Gasteiger charge is -2.13. The second-order valence-corrected chi connectivity index (χ2v) is 6.53. The SMILES string of the molecule is CC(C)Oc1ccc(CNC(=O)c2ccccc2Nc2ccccc2)cc1. The predicted octanol–water partition coefficient (Wildman–Crippen LogP) is 5.15. The Balaban J connectivity index is 1.64. The van der Waals surface area contributed by atoms with Gasteiger partial charge in [0.25, 0.3) is 5.91 Å². The summed E-state index contributed by atoms with van der Waals surface area (Å²) in [5.41, 5.74) is 3.36. The highest BCUT2D eigenvalue weighted by molar-refractivity contribution is 6.00. The standard InChI is InChI=1S/C23H24N2O2/c1-17(2)27-20-14-12-18(13-15-20)16-24-23(26)21-10-6-7-11-22(21)25-19-8-4-3-5-9-19/h3-15,17,25H,16H2,1-2H3,(H,24,26). The van der Waals surface area contributed by atoms with Gasteiger partial charge in [-0.05, 0) is 55.8 Å². The molecule has 0 heterocycles. The summed E-state index contributed by atoms with van der Waals surface area (Å²) >= 11 is 0. The van der Waals surface area contributed by atoms with Gasteiger partial charge in [-0.1, -0.05) is 42.5 Å². The Morgan fingerprint density at radius 1 is 0.889 bits per heavy atom. The van der Waals surface area contributed by atoms with Crippen molar-refractivity contribution in [2.24, 2.45) is 0 Å². The zero-order chi connectivity index (χ0) is 19.1. The highest BCUT2D eigenvalue weighted by Crippen LogP contribution is 2.21. The smallest absolute Gasteiger partial charge is 0.253 e. The molecule has 0 atom stereocenters. The van der Waals surface area contributed by atoms with Crippen molar-refractivity contribution in [3.8, 4) is 5.75 Å². The van der Waals surface area contributed by atoms with Crippen LogP contribution in [0.5, 0.6) is 5.75 Å². The van der Waals surface area contributed by atoms with E-state index in [0.717, 1.165) is 22.7 Å². The summed E-state index contributed by atoms with van der Waals surface area (Å²) in [5, 5.41) is 6.28. The van der Waals surface area contributed by atoms with Crippen LogP contribution in [0.3, 0.4) is 0 Å². The van der Waals surface area contributed by atoms with Gasteiger partial charge in [0.1, 0.15) is 5.75 Å². The van der Waals surface area contributed by atoms with Crippen LogP contribution in [0.1, 0.15) is 29.8 Å². The third-order valence-corrected chi connectivity index (χ3v) is 3.97. The topological polar surface area (TPSA) is 50.4 Å². The van der Waals surface area contributed by atoms with E-state index in [4.69, 9.17) is 4.74 Å². The minimum atomic E-state index is -0.114. The first-order valence-corrected chi connectivity index (χ1v) is 9.07. The van der Waals surface area contributed by atoms with Gasteiger partial charge in [-0.15, -0.1) is 0 Å². The van der Waals surface area contributed by atoms with Crippen molar-refractivity contribution in [2.75, 3.05) is 5.32 Å². The lowest BCUT2D eigenvalue weighted by molar-refractivity contribution is 0.0952. The number of benzene rings is 3. The minimum absolute atomic E-state index is 0.114. The summed E-state index contributed by atoms with van der Waals surface area (Å²) < 4.78 is 5.64. The van der Waals surface area contributed by atoms with Crippen molar-refractivity contribution in [1.29, 1.82) is 0 Å². The molecule has 0 fully saturated rings. The molecule has 0 aliphatic rings. The molecule has 138 valence electrons. The van der Waals surface area contributed by atoms with Gasteiger partial charge in [0.05, 0.1) is 17.4 Å². The van der Waals surface area contributed by atoms with Crippen molar-refractivity contribution in [3.05, 3.63) is 90.0 Å². The highest BCUT2D eigenvalue weighted by atomic mass is 16.5. The molecule has 4 heteroatoms. The predicted molar refractivity (Wildman–Crippen MR) is 110 cm³/mol. The third-order valence-electron chi connectivity index (χ3n) is 3.97. The van der Waals surface area contributed by atoms with E-state index in [-0.39, 0.29) is 12.0 Å². The van der Waals surface area contributed by atoms with Crippen molar-refractivity contribution in [3.63, 3.8) is 0 Å². The van der Waals surface area contributed by atoms with Crippen LogP contribution in [0.2, 0.25) is 0 Å². The second-order valence-electron chi connectivity index (χ2n) is 6.53. The Bertz CT molecular complexity index is 874. The van der Waals surface area contributed by atoms with Crippen molar-refractivity contribution in [1.82, 2.24) is 5.32 Å². The number of amides is 1. The average Bonchev–Trinajstić information content (AvgIpc) is 2.68. The number of carbonyl (C=O) groups is 1. The van der Waals surface area contributed by atoms with E-state index >= 15 is 0 Å². The molecule has 0 radical (unpaired) electrons. The summed E-state index contributed by atoms with van der Waals surface area (Å²) in [5.74, 6) is 0.717. The van der Waals surface area contributed by atoms with E-state index in [9.17, 15) is 4.79 Å². The quantitative estimate of drug-likeness (QED) is 0.613. The van der Waals surface area contributed by atoms with E-state index in [1.807, 2.05) is 92.7 Å². The molecule has 0 unspecified atom stereocenters. The van der Waals surface area contributed by atoms with E-state index < -0.39 is 0 Å². The van der Waals surface area contributed by atoms with Gasteiger partial charge in [0, 0.05) is 12.2 Å². The number of hydrogen-bond donors (Lipinski definition) is 2.